The summed E-state index contributed by atoms with van der Waals surface area (Å²) in [4.78, 5) is 39.1. The molecule has 1 heterocycles. The molecule has 1 fully saturated rings. The summed E-state index contributed by atoms with van der Waals surface area (Å²) in [5.74, 6) is -0.762. The molecule has 1 aliphatic rings. The van der Waals surface area contributed by atoms with Crippen LogP contribution in [0, 0.1) is 0 Å². The molecule has 34 heavy (non-hydrogen) atoms. The van der Waals surface area contributed by atoms with Crippen LogP contribution in [-0.4, -0.2) is 30.0 Å². The molecule has 0 aliphatic carbocycles. The van der Waals surface area contributed by atoms with Crippen LogP contribution in [0.25, 0.3) is 6.08 Å². The molecule has 0 bridgehead atoms. The maximum absolute atomic E-state index is 13.1. The van der Waals surface area contributed by atoms with Crippen molar-refractivity contribution in [1.29, 1.82) is 0 Å². The predicted octanol–water partition coefficient (Wildman–Crippen LogP) is 4.40. The Morgan fingerprint density at radius 2 is 1.56 bits per heavy atom. The van der Waals surface area contributed by atoms with E-state index in [0.717, 1.165) is 0 Å². The molecule has 1 N–H and O–H groups in total. The highest BCUT2D eigenvalue weighted by molar-refractivity contribution is 7.80. The van der Waals surface area contributed by atoms with E-state index in [1.807, 2.05) is 0 Å². The van der Waals surface area contributed by atoms with E-state index in [1.54, 1.807) is 72.8 Å². The number of carbonyl (C=O) groups excluding carboxylic acids is 3. The summed E-state index contributed by atoms with van der Waals surface area (Å²) in [6, 6.07) is 19.4. The maximum Gasteiger partial charge on any atom is 0.343 e. The molecule has 0 aromatic heterocycles. The summed E-state index contributed by atoms with van der Waals surface area (Å²) in [5.41, 5.74) is 1.32. The normalized spacial score (nSPS) is 14.7. The Morgan fingerprint density at radius 3 is 2.18 bits per heavy atom. The molecule has 9 heteroatoms. The fourth-order valence-corrected chi connectivity index (χ4v) is 3.58. The average Bonchev–Trinajstić information content (AvgIpc) is 2.83. The molecule has 170 valence electrons. The summed E-state index contributed by atoms with van der Waals surface area (Å²) >= 11 is 11.0. The van der Waals surface area contributed by atoms with Crippen molar-refractivity contribution >= 4 is 58.5 Å². The van der Waals surface area contributed by atoms with Gasteiger partial charge < -0.3 is 9.47 Å². The van der Waals surface area contributed by atoms with Crippen molar-refractivity contribution in [2.75, 3.05) is 12.0 Å². The van der Waals surface area contributed by atoms with Gasteiger partial charge in [0.15, 0.2) is 5.11 Å². The number of thiocarbonyl (C=S) groups is 1. The number of hydrogen-bond acceptors (Lipinski definition) is 6. The zero-order valence-electron chi connectivity index (χ0n) is 17.8. The van der Waals surface area contributed by atoms with Crippen LogP contribution in [0.2, 0.25) is 5.02 Å². The molecule has 3 aromatic carbocycles. The molecule has 3 aromatic rings. The summed E-state index contributed by atoms with van der Waals surface area (Å²) in [6.45, 7) is 0. The van der Waals surface area contributed by atoms with Gasteiger partial charge in [-0.3, -0.25) is 19.8 Å². The van der Waals surface area contributed by atoms with Gasteiger partial charge in [0.05, 0.1) is 18.4 Å². The molecule has 0 spiro atoms. The largest absolute Gasteiger partial charge is 0.497 e. The Morgan fingerprint density at radius 1 is 0.941 bits per heavy atom. The van der Waals surface area contributed by atoms with Gasteiger partial charge in [0.1, 0.15) is 17.1 Å². The number of carbonyl (C=O) groups is 3. The van der Waals surface area contributed by atoms with Crippen LogP contribution in [0.3, 0.4) is 0 Å². The number of rotatable bonds is 5. The van der Waals surface area contributed by atoms with Gasteiger partial charge in [0, 0.05) is 5.02 Å². The van der Waals surface area contributed by atoms with Crippen molar-refractivity contribution in [2.45, 2.75) is 0 Å². The van der Waals surface area contributed by atoms with Gasteiger partial charge in [0.2, 0.25) is 0 Å². The van der Waals surface area contributed by atoms with E-state index in [0.29, 0.717) is 33.3 Å². The monoisotopic (exact) mass is 492 g/mol. The average molecular weight is 493 g/mol. The zero-order valence-corrected chi connectivity index (χ0v) is 19.4. The minimum atomic E-state index is -0.599. The number of hydrogen-bond donors (Lipinski definition) is 1. The van der Waals surface area contributed by atoms with Gasteiger partial charge in [0.25, 0.3) is 11.8 Å². The Labute approximate surface area is 205 Å². The lowest BCUT2D eigenvalue weighted by atomic mass is 10.1. The number of benzene rings is 3. The standard InChI is InChI=1S/C25H17ClN2O5S/c1-32-19-12-8-18(9-13-19)28-23(30)21(22(29)27-25(28)34)14-15-2-10-20(11-3-15)33-24(31)16-4-6-17(26)7-5-16/h2-14H,1H3,(H,27,29,34)/b21-14-. The van der Waals surface area contributed by atoms with Gasteiger partial charge in [-0.1, -0.05) is 23.7 Å². The van der Waals surface area contributed by atoms with Crippen molar-refractivity contribution in [3.63, 3.8) is 0 Å². The Bertz CT molecular complexity index is 1300. The number of nitrogens with zero attached hydrogens (tertiary/aromatic N) is 1. The molecular formula is C25H17ClN2O5S. The quantitative estimate of drug-likeness (QED) is 0.187. The first-order valence-corrected chi connectivity index (χ1v) is 10.8. The van der Waals surface area contributed by atoms with Crippen molar-refractivity contribution in [1.82, 2.24) is 5.32 Å². The molecular weight excluding hydrogens is 476 g/mol. The maximum atomic E-state index is 13.1. The second-order valence-corrected chi connectivity index (χ2v) is 7.94. The Kier molecular flexibility index (Phi) is 6.72. The van der Waals surface area contributed by atoms with E-state index < -0.39 is 17.8 Å². The number of methoxy groups -OCH3 is 1. The number of amides is 2. The van der Waals surface area contributed by atoms with Crippen molar-refractivity contribution in [2.24, 2.45) is 0 Å². The Balaban J connectivity index is 1.53. The first-order chi connectivity index (χ1) is 16.4. The van der Waals surface area contributed by atoms with E-state index in [4.69, 9.17) is 33.3 Å². The van der Waals surface area contributed by atoms with Gasteiger partial charge in [-0.05, 0) is 84.5 Å². The number of anilines is 1. The smallest absolute Gasteiger partial charge is 0.343 e. The minimum Gasteiger partial charge on any atom is -0.497 e. The van der Waals surface area contributed by atoms with Gasteiger partial charge >= 0.3 is 5.97 Å². The lowest BCUT2D eigenvalue weighted by Crippen LogP contribution is -2.54. The SMILES string of the molecule is COc1ccc(N2C(=O)/C(=C\c3ccc(OC(=O)c4ccc(Cl)cc4)cc3)C(=O)NC2=S)cc1. The van der Waals surface area contributed by atoms with E-state index in [9.17, 15) is 14.4 Å². The predicted molar refractivity (Wildman–Crippen MR) is 132 cm³/mol. The molecule has 0 radical (unpaired) electrons. The molecule has 7 nitrogen and oxygen atoms in total. The lowest BCUT2D eigenvalue weighted by molar-refractivity contribution is -0.122. The number of nitrogens with one attached hydrogen (secondary N) is 1. The topological polar surface area (TPSA) is 84.9 Å². The van der Waals surface area contributed by atoms with E-state index in [2.05, 4.69) is 5.32 Å². The lowest BCUT2D eigenvalue weighted by Gasteiger charge is -2.29. The third-order valence-electron chi connectivity index (χ3n) is 4.91. The van der Waals surface area contributed by atoms with Crippen LogP contribution in [0.5, 0.6) is 11.5 Å². The first-order valence-electron chi connectivity index (χ1n) is 9.99. The van der Waals surface area contributed by atoms with Crippen LogP contribution >= 0.6 is 23.8 Å². The van der Waals surface area contributed by atoms with Crippen LogP contribution in [0.4, 0.5) is 5.69 Å². The van der Waals surface area contributed by atoms with Crippen LogP contribution in [0.15, 0.2) is 78.4 Å². The Hall–Kier alpha value is -4.01. The second kappa shape index (κ2) is 9.86. The first kappa shape index (κ1) is 23.2. The fraction of sp³-hybridized carbons (Fsp3) is 0.0400. The van der Waals surface area contributed by atoms with Gasteiger partial charge in [-0.15, -0.1) is 0 Å². The fourth-order valence-electron chi connectivity index (χ4n) is 3.17. The number of halogens is 1. The van der Waals surface area contributed by atoms with Crippen molar-refractivity contribution < 1.29 is 23.9 Å². The second-order valence-electron chi connectivity index (χ2n) is 7.12. The van der Waals surface area contributed by atoms with E-state index in [-0.39, 0.29) is 10.7 Å². The van der Waals surface area contributed by atoms with E-state index in [1.165, 1.54) is 18.1 Å². The molecule has 0 unspecified atom stereocenters. The highest BCUT2D eigenvalue weighted by Crippen LogP contribution is 2.25. The van der Waals surface area contributed by atoms with Gasteiger partial charge in [-0.2, -0.15) is 0 Å². The molecule has 1 aliphatic heterocycles. The number of ether oxygens (including phenoxy) is 2. The third kappa shape index (κ3) is 4.98. The van der Waals surface area contributed by atoms with Gasteiger partial charge in [-0.25, -0.2) is 4.79 Å². The van der Waals surface area contributed by atoms with Crippen LogP contribution < -0.4 is 19.7 Å². The zero-order chi connectivity index (χ0) is 24.2. The van der Waals surface area contributed by atoms with Crippen LogP contribution in [-0.2, 0) is 9.59 Å². The van der Waals surface area contributed by atoms with Crippen molar-refractivity contribution in [3.05, 3.63) is 94.5 Å². The molecule has 0 saturated carbocycles. The molecule has 0 atom stereocenters. The highest BCUT2D eigenvalue weighted by Gasteiger charge is 2.34. The molecule has 4 rings (SSSR count). The summed E-state index contributed by atoms with van der Waals surface area (Å²) in [6.07, 6.45) is 1.45. The van der Waals surface area contributed by atoms with E-state index >= 15 is 0 Å². The summed E-state index contributed by atoms with van der Waals surface area (Å²) < 4.78 is 10.5. The summed E-state index contributed by atoms with van der Waals surface area (Å²) in [7, 11) is 1.54. The minimum absolute atomic E-state index is 0.0122. The van der Waals surface area contributed by atoms with Crippen LogP contribution in [0.1, 0.15) is 15.9 Å². The summed E-state index contributed by atoms with van der Waals surface area (Å²) in [5, 5.41) is 3.04. The highest BCUT2D eigenvalue weighted by atomic mass is 35.5. The third-order valence-corrected chi connectivity index (χ3v) is 5.45. The van der Waals surface area contributed by atoms with Crippen molar-refractivity contribution in [3.8, 4) is 11.5 Å². The molecule has 1 saturated heterocycles. The molecule has 2 amide bonds. The number of esters is 1.